The highest BCUT2D eigenvalue weighted by molar-refractivity contribution is 6.35. The van der Waals surface area contributed by atoms with E-state index in [0.717, 1.165) is 0 Å². The van der Waals surface area contributed by atoms with Crippen LogP contribution in [-0.4, -0.2) is 17.7 Å². The molecule has 0 aliphatic carbocycles. The fourth-order valence-corrected chi connectivity index (χ4v) is 0.287. The molecule has 0 aliphatic heterocycles. The van der Waals surface area contributed by atoms with Crippen LogP contribution >= 0.6 is 0 Å². The third-order valence-corrected chi connectivity index (χ3v) is 0.655. The molecule has 0 unspecified atom stereocenters. The minimum absolute atomic E-state index is 0.457. The Hall–Kier alpha value is -0.860. The molecule has 50 valence electrons. The summed E-state index contributed by atoms with van der Waals surface area (Å²) in [7, 11) is 0. The molecule has 0 fully saturated rings. The number of rotatable bonds is 2. The first-order valence-electron chi connectivity index (χ1n) is 2.51. The second kappa shape index (κ2) is 3.22. The van der Waals surface area contributed by atoms with Crippen LogP contribution in [0.4, 0.5) is 0 Å². The Morgan fingerprint density at radius 2 is 1.89 bits per heavy atom. The van der Waals surface area contributed by atoms with Crippen molar-refractivity contribution in [2.24, 2.45) is 0 Å². The molecule has 0 aromatic heterocycles. The zero-order chi connectivity index (χ0) is 7.44. The van der Waals surface area contributed by atoms with Crippen molar-refractivity contribution in [2.75, 3.05) is 0 Å². The smallest absolute Gasteiger partial charge is 0.287 e. The summed E-state index contributed by atoms with van der Waals surface area (Å²) in [5.74, 6) is -1.16. The van der Waals surface area contributed by atoms with E-state index < -0.39 is 17.7 Å². The van der Waals surface area contributed by atoms with Crippen LogP contribution in [0.15, 0.2) is 0 Å². The molecular weight excluding hydrogens is 118 g/mol. The largest absolute Gasteiger partial charge is 0.347 e. The molecule has 1 N–H and O–H groups in total. The van der Waals surface area contributed by atoms with Gasteiger partial charge >= 0.3 is 0 Å². The Kier molecular flexibility index (Phi) is 2.91. The predicted octanol–water partition coefficient (Wildman–Crippen LogP) is -0.272. The van der Waals surface area contributed by atoms with E-state index in [4.69, 9.17) is 0 Å². The molecule has 0 saturated heterocycles. The number of Topliss-reactive ketones (excluding diaryl/α,β-unsaturated/α-hetero) is 1. The zero-order valence-corrected chi connectivity index (χ0v) is 5.31. The Morgan fingerprint density at radius 1 is 1.44 bits per heavy atom. The van der Waals surface area contributed by atoms with Crippen molar-refractivity contribution >= 4 is 11.7 Å². The second-order valence-corrected chi connectivity index (χ2v) is 1.73. The summed E-state index contributed by atoms with van der Waals surface area (Å²) in [4.78, 5) is 20.6. The fourth-order valence-electron chi connectivity index (χ4n) is 0.287. The zero-order valence-electron chi connectivity index (χ0n) is 5.31. The molecule has 1 amide bonds. The lowest BCUT2D eigenvalue weighted by Crippen LogP contribution is -2.34. The van der Waals surface area contributed by atoms with Crippen molar-refractivity contribution < 1.29 is 9.59 Å². The molecule has 9 heavy (non-hydrogen) atoms. The van der Waals surface area contributed by atoms with Crippen molar-refractivity contribution in [1.82, 2.24) is 5.32 Å². The summed E-state index contributed by atoms with van der Waals surface area (Å²) in [6.07, 6.45) is 0. The molecule has 0 rings (SSSR count). The van der Waals surface area contributed by atoms with E-state index in [1.165, 1.54) is 6.92 Å². The third kappa shape index (κ3) is 3.70. The molecule has 0 aromatic carbocycles. The van der Waals surface area contributed by atoms with Gasteiger partial charge in [0.25, 0.3) is 5.91 Å². The molecule has 0 atom stereocenters. The number of hydrogen-bond acceptors (Lipinski definition) is 2. The van der Waals surface area contributed by atoms with Gasteiger partial charge in [-0.1, -0.05) is 0 Å². The molecule has 2 radical (unpaired) electrons. The van der Waals surface area contributed by atoms with Crippen LogP contribution < -0.4 is 5.32 Å². The summed E-state index contributed by atoms with van der Waals surface area (Å²) in [6.45, 7) is 7.92. The molecule has 0 bridgehead atoms. The van der Waals surface area contributed by atoms with Crippen LogP contribution in [-0.2, 0) is 9.59 Å². The Balaban J connectivity index is 3.65. The third-order valence-electron chi connectivity index (χ3n) is 0.655. The SMILES string of the molecule is [CH2]C([CH2])NC(=O)C(C)=O. The normalized spacial score (nSPS) is 9.33. The number of amides is 1. The molecule has 0 aromatic rings. The van der Waals surface area contributed by atoms with Crippen LogP contribution in [0.5, 0.6) is 0 Å². The van der Waals surface area contributed by atoms with Crippen molar-refractivity contribution in [1.29, 1.82) is 0 Å². The summed E-state index contributed by atoms with van der Waals surface area (Å²) >= 11 is 0. The maximum atomic E-state index is 10.4. The molecular formula is C6H9NO2. The van der Waals surface area contributed by atoms with Gasteiger partial charge in [0, 0.05) is 13.0 Å². The minimum Gasteiger partial charge on any atom is -0.347 e. The van der Waals surface area contributed by atoms with E-state index in [0.29, 0.717) is 0 Å². The average Bonchev–Trinajstić information content (AvgIpc) is 1.63. The maximum Gasteiger partial charge on any atom is 0.287 e. The standard InChI is InChI=1S/C6H9NO2/c1-4(2)7-6(9)5(3)8/h4H,1-2H2,3H3,(H,7,9). The summed E-state index contributed by atoms with van der Waals surface area (Å²) in [5, 5.41) is 2.23. The van der Waals surface area contributed by atoms with Gasteiger partial charge in [-0.25, -0.2) is 0 Å². The second-order valence-electron chi connectivity index (χ2n) is 1.73. The maximum absolute atomic E-state index is 10.4. The first kappa shape index (κ1) is 8.14. The number of carbonyl (C=O) groups is 2. The van der Waals surface area contributed by atoms with E-state index in [1.54, 1.807) is 0 Å². The highest BCUT2D eigenvalue weighted by Gasteiger charge is 2.06. The van der Waals surface area contributed by atoms with Crippen molar-refractivity contribution in [2.45, 2.75) is 13.0 Å². The fraction of sp³-hybridized carbons (Fsp3) is 0.333. The molecule has 0 saturated carbocycles. The van der Waals surface area contributed by atoms with Crippen LogP contribution in [0.25, 0.3) is 0 Å². The van der Waals surface area contributed by atoms with Gasteiger partial charge in [-0.15, -0.1) is 0 Å². The van der Waals surface area contributed by atoms with Gasteiger partial charge in [0.05, 0.1) is 0 Å². The van der Waals surface area contributed by atoms with Gasteiger partial charge in [-0.05, 0) is 13.8 Å². The lowest BCUT2D eigenvalue weighted by Gasteiger charge is -2.03. The van der Waals surface area contributed by atoms with E-state index >= 15 is 0 Å². The minimum atomic E-state index is -0.634. The van der Waals surface area contributed by atoms with Gasteiger partial charge in [-0.3, -0.25) is 9.59 Å². The number of hydrogen-bond donors (Lipinski definition) is 1. The topological polar surface area (TPSA) is 46.2 Å². The van der Waals surface area contributed by atoms with Crippen molar-refractivity contribution in [3.63, 3.8) is 0 Å². The lowest BCUT2D eigenvalue weighted by molar-refractivity contribution is -0.136. The first-order valence-corrected chi connectivity index (χ1v) is 2.51. The van der Waals surface area contributed by atoms with Crippen molar-refractivity contribution in [3.8, 4) is 0 Å². The molecule has 0 spiro atoms. The van der Waals surface area contributed by atoms with E-state index in [1.807, 2.05) is 0 Å². The van der Waals surface area contributed by atoms with Crippen LogP contribution in [0.2, 0.25) is 0 Å². The Morgan fingerprint density at radius 3 is 2.00 bits per heavy atom. The number of ketones is 1. The van der Waals surface area contributed by atoms with Gasteiger partial charge in [-0.2, -0.15) is 0 Å². The molecule has 3 heteroatoms. The van der Waals surface area contributed by atoms with Gasteiger partial charge in [0.2, 0.25) is 5.78 Å². The van der Waals surface area contributed by atoms with Gasteiger partial charge in [0.1, 0.15) is 0 Å². The summed E-state index contributed by atoms with van der Waals surface area (Å²) in [5.41, 5.74) is 0. The Labute approximate surface area is 54.4 Å². The van der Waals surface area contributed by atoms with Gasteiger partial charge in [0.15, 0.2) is 0 Å². The van der Waals surface area contributed by atoms with Crippen LogP contribution in [0, 0.1) is 13.8 Å². The van der Waals surface area contributed by atoms with Crippen molar-refractivity contribution in [3.05, 3.63) is 13.8 Å². The average molecular weight is 127 g/mol. The first-order chi connectivity index (χ1) is 4.04. The Bertz CT molecular complexity index is 129. The van der Waals surface area contributed by atoms with E-state index in [9.17, 15) is 9.59 Å². The quantitative estimate of drug-likeness (QED) is 0.519. The van der Waals surface area contributed by atoms with Crippen LogP contribution in [0.1, 0.15) is 6.92 Å². The highest BCUT2D eigenvalue weighted by atomic mass is 16.2. The van der Waals surface area contributed by atoms with Gasteiger partial charge < -0.3 is 5.32 Å². The van der Waals surface area contributed by atoms with E-state index in [2.05, 4.69) is 19.2 Å². The lowest BCUT2D eigenvalue weighted by atomic mass is 10.3. The number of nitrogens with one attached hydrogen (secondary N) is 1. The monoisotopic (exact) mass is 127 g/mol. The molecule has 0 heterocycles. The number of carbonyl (C=O) groups excluding carboxylic acids is 2. The molecule has 3 nitrogen and oxygen atoms in total. The summed E-state index contributed by atoms with van der Waals surface area (Å²) in [6, 6.07) is -0.457. The van der Waals surface area contributed by atoms with Crippen LogP contribution in [0.3, 0.4) is 0 Å². The van der Waals surface area contributed by atoms with E-state index in [-0.39, 0.29) is 0 Å². The molecule has 0 aliphatic rings. The predicted molar refractivity (Wildman–Crippen MR) is 33.3 cm³/mol. The summed E-state index contributed by atoms with van der Waals surface area (Å²) < 4.78 is 0. The highest BCUT2D eigenvalue weighted by Crippen LogP contribution is 1.75.